The number of nitrogens with one attached hydrogen (secondary N) is 2. The zero-order chi connectivity index (χ0) is 15.2. The number of halogens is 2. The summed E-state index contributed by atoms with van der Waals surface area (Å²) < 4.78 is 0. The molecule has 7 heteroatoms. The monoisotopic (exact) mass is 354 g/mol. The molecule has 1 aromatic heterocycles. The first-order chi connectivity index (χ1) is 10.6. The van der Waals surface area contributed by atoms with Crippen LogP contribution >= 0.6 is 24.0 Å². The Labute approximate surface area is 145 Å². The van der Waals surface area contributed by atoms with Gasteiger partial charge in [0.1, 0.15) is 5.82 Å². The number of H-pyrrole nitrogens is 1. The topological polar surface area (TPSA) is 61.0 Å². The molecule has 124 valence electrons. The number of hydrogen-bond donors (Lipinski definition) is 2. The maximum absolute atomic E-state index is 12.2. The lowest BCUT2D eigenvalue weighted by atomic mass is 9.87. The molecule has 3 heterocycles. The number of benzene rings is 1. The van der Waals surface area contributed by atoms with Crippen LogP contribution in [0.4, 0.5) is 0 Å². The summed E-state index contributed by atoms with van der Waals surface area (Å²) in [7, 11) is 0. The van der Waals surface area contributed by atoms with Gasteiger partial charge in [-0.25, -0.2) is 4.98 Å². The lowest BCUT2D eigenvalue weighted by molar-refractivity contribution is 0.264. The van der Waals surface area contributed by atoms with E-state index in [4.69, 9.17) is 11.6 Å². The van der Waals surface area contributed by atoms with Gasteiger partial charge < -0.3 is 10.3 Å². The first-order valence-electron chi connectivity index (χ1n) is 7.75. The predicted octanol–water partition coefficient (Wildman–Crippen LogP) is 2.18. The molecule has 0 aliphatic carbocycles. The van der Waals surface area contributed by atoms with Crippen LogP contribution in [0, 0.1) is 5.41 Å². The highest BCUT2D eigenvalue weighted by molar-refractivity contribution is 6.31. The molecule has 1 unspecified atom stereocenters. The Morgan fingerprint density at radius 2 is 2.22 bits per heavy atom. The van der Waals surface area contributed by atoms with E-state index >= 15 is 0 Å². The SMILES string of the molecule is Cl.O=c1[nH]c(CN2CCC3(CCNC3)C2)nc2ccc(Cl)cc12. The van der Waals surface area contributed by atoms with Crippen molar-refractivity contribution in [2.75, 3.05) is 26.2 Å². The molecule has 0 saturated carbocycles. The Morgan fingerprint density at radius 1 is 1.35 bits per heavy atom. The molecule has 0 bridgehead atoms. The number of rotatable bonds is 2. The highest BCUT2D eigenvalue weighted by atomic mass is 35.5. The molecule has 5 nitrogen and oxygen atoms in total. The summed E-state index contributed by atoms with van der Waals surface area (Å²) >= 11 is 5.94. The summed E-state index contributed by atoms with van der Waals surface area (Å²) in [5.41, 5.74) is 1.03. The molecule has 1 spiro atoms. The van der Waals surface area contributed by atoms with Gasteiger partial charge in [-0.1, -0.05) is 11.6 Å². The molecule has 2 aliphatic heterocycles. The quantitative estimate of drug-likeness (QED) is 0.867. The van der Waals surface area contributed by atoms with Crippen LogP contribution in [-0.2, 0) is 6.54 Å². The number of hydrogen-bond acceptors (Lipinski definition) is 4. The fraction of sp³-hybridized carbons (Fsp3) is 0.500. The molecule has 2 N–H and O–H groups in total. The minimum absolute atomic E-state index is 0. The lowest BCUT2D eigenvalue weighted by Crippen LogP contribution is -2.30. The minimum atomic E-state index is -0.112. The second kappa shape index (κ2) is 6.40. The van der Waals surface area contributed by atoms with Crippen molar-refractivity contribution in [1.82, 2.24) is 20.2 Å². The summed E-state index contributed by atoms with van der Waals surface area (Å²) in [6.07, 6.45) is 2.48. The van der Waals surface area contributed by atoms with Crippen molar-refractivity contribution >= 4 is 34.9 Å². The third-order valence-electron chi connectivity index (χ3n) is 4.94. The summed E-state index contributed by atoms with van der Waals surface area (Å²) in [6.45, 7) is 5.10. The van der Waals surface area contributed by atoms with E-state index in [9.17, 15) is 4.79 Å². The van der Waals surface area contributed by atoms with Gasteiger partial charge in [-0.3, -0.25) is 9.69 Å². The number of aromatic nitrogens is 2. The van der Waals surface area contributed by atoms with Gasteiger partial charge in [-0.15, -0.1) is 12.4 Å². The van der Waals surface area contributed by atoms with Crippen molar-refractivity contribution in [3.05, 3.63) is 39.4 Å². The van der Waals surface area contributed by atoms with Gasteiger partial charge in [0, 0.05) is 18.1 Å². The standard InChI is InChI=1S/C16H19ClN4O.ClH/c17-11-1-2-13-12(7-11)15(22)20-14(19-13)8-21-6-4-16(10-21)3-5-18-9-16;/h1-2,7,18H,3-6,8-10H2,(H,19,20,22);1H. The number of fused-ring (bicyclic) bond motifs is 1. The van der Waals surface area contributed by atoms with Crippen LogP contribution in [0.5, 0.6) is 0 Å². The fourth-order valence-electron chi connectivity index (χ4n) is 3.75. The van der Waals surface area contributed by atoms with Crippen LogP contribution in [0.3, 0.4) is 0 Å². The van der Waals surface area contributed by atoms with E-state index < -0.39 is 0 Å². The molecule has 4 rings (SSSR count). The molecular weight excluding hydrogens is 335 g/mol. The lowest BCUT2D eigenvalue weighted by Gasteiger charge is -2.22. The Hall–Kier alpha value is -1.14. The van der Waals surface area contributed by atoms with Gasteiger partial charge in [0.05, 0.1) is 17.4 Å². The maximum Gasteiger partial charge on any atom is 0.258 e. The van der Waals surface area contributed by atoms with E-state index in [0.29, 0.717) is 27.9 Å². The zero-order valence-electron chi connectivity index (χ0n) is 12.8. The van der Waals surface area contributed by atoms with Crippen LogP contribution in [0.25, 0.3) is 10.9 Å². The van der Waals surface area contributed by atoms with Crippen LogP contribution in [0.15, 0.2) is 23.0 Å². The van der Waals surface area contributed by atoms with E-state index in [-0.39, 0.29) is 18.0 Å². The van der Waals surface area contributed by atoms with Crippen molar-refractivity contribution < 1.29 is 0 Å². The Bertz CT molecular complexity index is 770. The van der Waals surface area contributed by atoms with Gasteiger partial charge in [-0.2, -0.15) is 0 Å². The van der Waals surface area contributed by atoms with Gasteiger partial charge in [0.15, 0.2) is 0 Å². The summed E-state index contributed by atoms with van der Waals surface area (Å²) in [5, 5.41) is 4.57. The molecule has 2 saturated heterocycles. The summed E-state index contributed by atoms with van der Waals surface area (Å²) in [4.78, 5) is 22.1. The largest absolute Gasteiger partial charge is 0.316 e. The second-order valence-corrected chi connectivity index (χ2v) is 7.00. The number of likely N-dealkylation sites (tertiary alicyclic amines) is 1. The van der Waals surface area contributed by atoms with Crippen LogP contribution in [0.1, 0.15) is 18.7 Å². The van der Waals surface area contributed by atoms with Crippen LogP contribution in [0.2, 0.25) is 5.02 Å². The molecule has 0 radical (unpaired) electrons. The van der Waals surface area contributed by atoms with Crippen molar-refractivity contribution in [2.24, 2.45) is 5.41 Å². The van der Waals surface area contributed by atoms with E-state index in [1.807, 2.05) is 6.07 Å². The Kier molecular flexibility index (Phi) is 4.65. The van der Waals surface area contributed by atoms with E-state index in [1.54, 1.807) is 12.1 Å². The normalized spacial score (nSPS) is 24.4. The first kappa shape index (κ1) is 16.7. The summed E-state index contributed by atoms with van der Waals surface area (Å²) in [5.74, 6) is 0.739. The summed E-state index contributed by atoms with van der Waals surface area (Å²) in [6, 6.07) is 5.25. The number of aromatic amines is 1. The molecule has 2 aliphatic rings. The fourth-order valence-corrected chi connectivity index (χ4v) is 3.92. The first-order valence-corrected chi connectivity index (χ1v) is 8.13. The predicted molar refractivity (Wildman–Crippen MR) is 94.4 cm³/mol. The smallest absolute Gasteiger partial charge is 0.258 e. The molecule has 1 aromatic carbocycles. The highest BCUT2D eigenvalue weighted by Crippen LogP contribution is 2.36. The molecule has 1 atom stereocenters. The van der Waals surface area contributed by atoms with Gasteiger partial charge in [0.25, 0.3) is 5.56 Å². The number of nitrogens with zero attached hydrogens (tertiary/aromatic N) is 2. The van der Waals surface area contributed by atoms with Crippen LogP contribution < -0.4 is 10.9 Å². The highest BCUT2D eigenvalue weighted by Gasteiger charge is 2.40. The minimum Gasteiger partial charge on any atom is -0.316 e. The van der Waals surface area contributed by atoms with Crippen molar-refractivity contribution in [1.29, 1.82) is 0 Å². The zero-order valence-corrected chi connectivity index (χ0v) is 14.3. The van der Waals surface area contributed by atoms with E-state index in [2.05, 4.69) is 20.2 Å². The van der Waals surface area contributed by atoms with Gasteiger partial charge in [-0.05, 0) is 49.5 Å². The maximum atomic E-state index is 12.2. The van der Waals surface area contributed by atoms with Crippen molar-refractivity contribution in [2.45, 2.75) is 19.4 Å². The Morgan fingerprint density at radius 3 is 3.00 bits per heavy atom. The average Bonchev–Trinajstić information content (AvgIpc) is 3.11. The van der Waals surface area contributed by atoms with Crippen molar-refractivity contribution in [3.8, 4) is 0 Å². The van der Waals surface area contributed by atoms with Crippen LogP contribution in [-0.4, -0.2) is 41.0 Å². The third-order valence-corrected chi connectivity index (χ3v) is 5.17. The molecule has 2 aromatic rings. The Balaban J connectivity index is 0.00000156. The molecule has 0 amide bonds. The average molecular weight is 355 g/mol. The molecule has 23 heavy (non-hydrogen) atoms. The van der Waals surface area contributed by atoms with Gasteiger partial charge in [0.2, 0.25) is 0 Å². The molecule has 2 fully saturated rings. The van der Waals surface area contributed by atoms with E-state index in [0.717, 1.165) is 32.0 Å². The second-order valence-electron chi connectivity index (χ2n) is 6.56. The van der Waals surface area contributed by atoms with Gasteiger partial charge >= 0.3 is 0 Å². The van der Waals surface area contributed by atoms with E-state index in [1.165, 1.54) is 12.8 Å². The van der Waals surface area contributed by atoms with Crippen molar-refractivity contribution in [3.63, 3.8) is 0 Å². The molecular formula is C16H20Cl2N4O. The third kappa shape index (κ3) is 3.24.